The fourth-order valence-corrected chi connectivity index (χ4v) is 1.96. The molecular weight excluding hydrogens is 254 g/mol. The number of rotatable bonds is 2. The van der Waals surface area contributed by atoms with Crippen LogP contribution in [0.3, 0.4) is 0 Å². The third kappa shape index (κ3) is 2.01. The summed E-state index contributed by atoms with van der Waals surface area (Å²) in [6, 6.07) is 5.33. The van der Waals surface area contributed by atoms with Crippen molar-refractivity contribution in [1.82, 2.24) is 20.2 Å². The largest absolute Gasteiger partial charge is 0.305 e. The van der Waals surface area contributed by atoms with Gasteiger partial charge in [0.05, 0.1) is 11.1 Å². The van der Waals surface area contributed by atoms with Crippen molar-refractivity contribution in [2.24, 2.45) is 0 Å². The summed E-state index contributed by atoms with van der Waals surface area (Å²) < 4.78 is 0. The lowest BCUT2D eigenvalue weighted by Gasteiger charge is -2.05. The van der Waals surface area contributed by atoms with E-state index in [0.29, 0.717) is 22.4 Å². The third-order valence-electron chi connectivity index (χ3n) is 3.23. The molecule has 0 fully saturated rings. The summed E-state index contributed by atoms with van der Waals surface area (Å²) in [4.78, 5) is 20.8. The van der Waals surface area contributed by atoms with E-state index in [1.54, 1.807) is 24.5 Å². The first-order valence-corrected chi connectivity index (χ1v) is 6.19. The number of fused-ring (bicyclic) bond motifs is 1. The summed E-state index contributed by atoms with van der Waals surface area (Å²) in [6.45, 7) is 3.80. The zero-order valence-corrected chi connectivity index (χ0v) is 11.1. The third-order valence-corrected chi connectivity index (χ3v) is 3.23. The minimum Gasteiger partial charge on any atom is -0.305 e. The molecule has 0 unspecified atom stereocenters. The number of aryl methyl sites for hydroxylation is 1. The first-order valence-electron chi connectivity index (χ1n) is 6.19. The maximum Gasteiger partial charge on any atom is 0.259 e. The van der Waals surface area contributed by atoms with Crippen molar-refractivity contribution in [3.05, 3.63) is 47.4 Å². The number of nitrogens with zero attached hydrogens (tertiary/aromatic N) is 3. The monoisotopic (exact) mass is 267 g/mol. The minimum atomic E-state index is -0.245. The second kappa shape index (κ2) is 4.73. The van der Waals surface area contributed by atoms with E-state index < -0.39 is 0 Å². The number of amides is 1. The Kier molecular flexibility index (Phi) is 2.90. The van der Waals surface area contributed by atoms with E-state index in [9.17, 15) is 4.79 Å². The first kappa shape index (κ1) is 12.3. The normalized spacial score (nSPS) is 10.7. The van der Waals surface area contributed by atoms with Gasteiger partial charge in [0.1, 0.15) is 5.52 Å². The van der Waals surface area contributed by atoms with Gasteiger partial charge in [0.2, 0.25) is 0 Å². The molecule has 6 heteroatoms. The number of hydrogen-bond donors (Lipinski definition) is 2. The molecule has 0 aliphatic heterocycles. The Morgan fingerprint density at radius 2 is 2.00 bits per heavy atom. The number of benzene rings is 1. The molecule has 0 spiro atoms. The molecule has 20 heavy (non-hydrogen) atoms. The van der Waals surface area contributed by atoms with Crippen LogP contribution in [0.1, 0.15) is 21.6 Å². The van der Waals surface area contributed by atoms with Gasteiger partial charge in [-0.05, 0) is 26.0 Å². The van der Waals surface area contributed by atoms with Gasteiger partial charge >= 0.3 is 0 Å². The van der Waals surface area contributed by atoms with E-state index in [1.165, 1.54) is 0 Å². The SMILES string of the molecule is Cc1[nH]nc(NC(=O)c2cccc3nccnc23)c1C. The number of aromatic nitrogens is 4. The molecule has 2 N–H and O–H groups in total. The maximum absolute atomic E-state index is 12.4. The van der Waals surface area contributed by atoms with Crippen LogP contribution < -0.4 is 5.32 Å². The van der Waals surface area contributed by atoms with E-state index in [4.69, 9.17) is 0 Å². The fraction of sp³-hybridized carbons (Fsp3) is 0.143. The van der Waals surface area contributed by atoms with Crippen LogP contribution >= 0.6 is 0 Å². The topological polar surface area (TPSA) is 83.6 Å². The number of hydrogen-bond acceptors (Lipinski definition) is 4. The predicted octanol–water partition coefficient (Wildman–Crippen LogP) is 2.22. The molecule has 1 amide bonds. The van der Waals surface area contributed by atoms with Crippen LogP contribution in [0.15, 0.2) is 30.6 Å². The Morgan fingerprint density at radius 3 is 2.75 bits per heavy atom. The Labute approximate surface area is 115 Å². The highest BCUT2D eigenvalue weighted by atomic mass is 16.1. The van der Waals surface area contributed by atoms with Crippen LogP contribution in [0.4, 0.5) is 5.82 Å². The van der Waals surface area contributed by atoms with Gasteiger partial charge in [-0.2, -0.15) is 5.10 Å². The standard InChI is InChI=1S/C14H13N5O/c1-8-9(2)18-19-13(8)17-14(20)10-4-3-5-11-12(10)16-7-6-15-11/h3-7H,1-2H3,(H2,17,18,19,20). The minimum absolute atomic E-state index is 0.245. The summed E-state index contributed by atoms with van der Waals surface area (Å²) in [5.74, 6) is 0.291. The number of para-hydroxylation sites is 1. The van der Waals surface area contributed by atoms with Crippen molar-refractivity contribution in [3.63, 3.8) is 0 Å². The van der Waals surface area contributed by atoms with E-state index in [1.807, 2.05) is 19.9 Å². The zero-order valence-electron chi connectivity index (χ0n) is 11.1. The van der Waals surface area contributed by atoms with Crippen LogP contribution in [0.2, 0.25) is 0 Å². The highest BCUT2D eigenvalue weighted by molar-refractivity contribution is 6.11. The van der Waals surface area contributed by atoms with Crippen molar-refractivity contribution in [2.75, 3.05) is 5.32 Å². The van der Waals surface area contributed by atoms with Gasteiger partial charge < -0.3 is 5.32 Å². The lowest BCUT2D eigenvalue weighted by Crippen LogP contribution is -2.14. The molecule has 0 saturated carbocycles. The lowest BCUT2D eigenvalue weighted by atomic mass is 10.1. The van der Waals surface area contributed by atoms with Crippen LogP contribution in [0.5, 0.6) is 0 Å². The Bertz CT molecular complexity index is 788. The number of nitrogens with one attached hydrogen (secondary N) is 2. The van der Waals surface area contributed by atoms with Crippen LogP contribution in [0.25, 0.3) is 11.0 Å². The molecule has 0 aliphatic rings. The van der Waals surface area contributed by atoms with Gasteiger partial charge in [0.15, 0.2) is 5.82 Å². The van der Waals surface area contributed by atoms with Crippen molar-refractivity contribution < 1.29 is 4.79 Å². The molecule has 0 radical (unpaired) electrons. The number of carbonyl (C=O) groups excluding carboxylic acids is 1. The molecule has 0 aliphatic carbocycles. The summed E-state index contributed by atoms with van der Waals surface area (Å²) in [6.07, 6.45) is 3.17. The van der Waals surface area contributed by atoms with Gasteiger partial charge in [-0.15, -0.1) is 0 Å². The first-order chi connectivity index (χ1) is 9.66. The van der Waals surface area contributed by atoms with Gasteiger partial charge in [0, 0.05) is 23.7 Å². The van der Waals surface area contributed by atoms with Crippen molar-refractivity contribution in [3.8, 4) is 0 Å². The quantitative estimate of drug-likeness (QED) is 0.745. The lowest BCUT2D eigenvalue weighted by molar-refractivity contribution is 0.102. The van der Waals surface area contributed by atoms with Crippen molar-refractivity contribution >= 4 is 22.8 Å². The van der Waals surface area contributed by atoms with Crippen LogP contribution in [-0.4, -0.2) is 26.1 Å². The van der Waals surface area contributed by atoms with Crippen molar-refractivity contribution in [2.45, 2.75) is 13.8 Å². The second-order valence-electron chi connectivity index (χ2n) is 4.51. The van der Waals surface area contributed by atoms with E-state index in [-0.39, 0.29) is 5.91 Å². The van der Waals surface area contributed by atoms with Crippen LogP contribution in [0, 0.1) is 13.8 Å². The highest BCUT2D eigenvalue weighted by Gasteiger charge is 2.14. The second-order valence-corrected chi connectivity index (χ2v) is 4.51. The molecule has 0 saturated heterocycles. The summed E-state index contributed by atoms with van der Waals surface area (Å²) in [5.41, 5.74) is 3.60. The zero-order chi connectivity index (χ0) is 14.1. The van der Waals surface area contributed by atoms with E-state index >= 15 is 0 Å². The average molecular weight is 267 g/mol. The molecule has 6 nitrogen and oxygen atoms in total. The molecule has 2 heterocycles. The molecule has 3 aromatic rings. The van der Waals surface area contributed by atoms with E-state index in [0.717, 1.165) is 11.3 Å². The van der Waals surface area contributed by atoms with Crippen molar-refractivity contribution in [1.29, 1.82) is 0 Å². The van der Waals surface area contributed by atoms with Gasteiger partial charge in [-0.1, -0.05) is 6.07 Å². The molecule has 100 valence electrons. The summed E-state index contributed by atoms with van der Waals surface area (Å²) in [7, 11) is 0. The fourth-order valence-electron chi connectivity index (χ4n) is 1.96. The van der Waals surface area contributed by atoms with Gasteiger partial charge in [-0.25, -0.2) is 0 Å². The number of H-pyrrole nitrogens is 1. The van der Waals surface area contributed by atoms with E-state index in [2.05, 4.69) is 25.5 Å². The number of anilines is 1. The number of carbonyl (C=O) groups is 1. The molecular formula is C14H13N5O. The highest BCUT2D eigenvalue weighted by Crippen LogP contribution is 2.18. The summed E-state index contributed by atoms with van der Waals surface area (Å²) >= 11 is 0. The molecule has 2 aromatic heterocycles. The molecule has 0 bridgehead atoms. The molecule has 1 aromatic carbocycles. The van der Waals surface area contributed by atoms with Gasteiger partial charge in [-0.3, -0.25) is 19.9 Å². The van der Waals surface area contributed by atoms with Gasteiger partial charge in [0.25, 0.3) is 5.91 Å². The smallest absolute Gasteiger partial charge is 0.259 e. The Morgan fingerprint density at radius 1 is 1.20 bits per heavy atom. The number of aromatic amines is 1. The Hall–Kier alpha value is -2.76. The van der Waals surface area contributed by atoms with Crippen LogP contribution in [-0.2, 0) is 0 Å². The maximum atomic E-state index is 12.4. The summed E-state index contributed by atoms with van der Waals surface area (Å²) in [5, 5.41) is 9.70. The molecule has 3 rings (SSSR count). The Balaban J connectivity index is 1.99. The molecule has 0 atom stereocenters. The predicted molar refractivity (Wildman–Crippen MR) is 75.6 cm³/mol. The average Bonchev–Trinajstić information content (AvgIpc) is 2.78.